The molecule has 2 aromatic rings. The summed E-state index contributed by atoms with van der Waals surface area (Å²) in [6, 6.07) is 12.8. The average Bonchev–Trinajstić information content (AvgIpc) is 3.12. The number of primary sulfonamides is 1. The zero-order valence-corrected chi connectivity index (χ0v) is 15.6. The number of benzene rings is 2. The van der Waals surface area contributed by atoms with Crippen LogP contribution in [0.25, 0.3) is 0 Å². The number of nitrogens with one attached hydrogen (secondary N) is 1. The zero-order chi connectivity index (χ0) is 19.4. The van der Waals surface area contributed by atoms with Gasteiger partial charge in [-0.2, -0.15) is 0 Å². The van der Waals surface area contributed by atoms with E-state index >= 15 is 0 Å². The number of hydrogen-bond acceptors (Lipinski definition) is 5. The van der Waals surface area contributed by atoms with Gasteiger partial charge in [0, 0.05) is 11.6 Å². The summed E-state index contributed by atoms with van der Waals surface area (Å²) in [5.74, 6) is 1.29. The summed E-state index contributed by atoms with van der Waals surface area (Å²) in [5, 5.41) is 8.00. The Balaban J connectivity index is 1.61. The lowest BCUT2D eigenvalue weighted by Gasteiger charge is -2.17. The van der Waals surface area contributed by atoms with Crippen molar-refractivity contribution >= 4 is 21.6 Å². The van der Waals surface area contributed by atoms with E-state index in [0.29, 0.717) is 23.7 Å². The number of amides is 1. The minimum atomic E-state index is -3.73. The van der Waals surface area contributed by atoms with Crippen molar-refractivity contribution in [1.82, 2.24) is 0 Å². The second-order valence-corrected chi connectivity index (χ2v) is 8.23. The molecule has 3 rings (SSSR count). The second kappa shape index (κ2) is 8.08. The Labute approximate surface area is 158 Å². The van der Waals surface area contributed by atoms with Gasteiger partial charge in [0.1, 0.15) is 11.5 Å². The van der Waals surface area contributed by atoms with E-state index in [9.17, 15) is 13.2 Å². The third-order valence-electron chi connectivity index (χ3n) is 4.81. The van der Waals surface area contributed by atoms with Crippen LogP contribution >= 0.6 is 0 Å². The van der Waals surface area contributed by atoms with E-state index in [1.165, 1.54) is 24.3 Å². The lowest BCUT2D eigenvalue weighted by Crippen LogP contribution is -2.29. The van der Waals surface area contributed by atoms with Gasteiger partial charge < -0.3 is 15.8 Å². The molecule has 8 heteroatoms. The maximum absolute atomic E-state index is 12.4. The van der Waals surface area contributed by atoms with Gasteiger partial charge in [-0.05, 0) is 73.8 Å². The number of carbonyl (C=O) groups excluding carboxylic acids is 1. The molecule has 27 heavy (non-hydrogen) atoms. The van der Waals surface area contributed by atoms with Gasteiger partial charge in [0.2, 0.25) is 15.9 Å². The van der Waals surface area contributed by atoms with E-state index in [0.717, 1.165) is 19.3 Å². The number of ether oxygens (including phenoxy) is 1. The highest BCUT2D eigenvalue weighted by molar-refractivity contribution is 7.89. The van der Waals surface area contributed by atoms with Gasteiger partial charge in [-0.3, -0.25) is 4.79 Å². The molecule has 0 aliphatic heterocycles. The molecule has 1 saturated carbocycles. The van der Waals surface area contributed by atoms with Crippen molar-refractivity contribution in [2.45, 2.75) is 24.2 Å². The number of sulfonamides is 1. The molecule has 0 saturated heterocycles. The number of nitrogens with two attached hydrogens (primary N) is 2. The third kappa shape index (κ3) is 4.85. The summed E-state index contributed by atoms with van der Waals surface area (Å²) < 4.78 is 28.2. The van der Waals surface area contributed by atoms with Crippen LogP contribution in [0.15, 0.2) is 53.4 Å². The minimum Gasteiger partial charge on any atom is -0.457 e. The SMILES string of the molecule is NC[C@H]1CCC[C@H]1C(=O)Nc1ccc(Oc2ccc(S(N)(=O)=O)cc2)cc1. The van der Waals surface area contributed by atoms with Crippen LogP contribution in [0.1, 0.15) is 19.3 Å². The monoisotopic (exact) mass is 389 g/mol. The van der Waals surface area contributed by atoms with Crippen molar-refractivity contribution in [1.29, 1.82) is 0 Å². The Bertz CT molecular complexity index is 896. The molecule has 0 spiro atoms. The number of carbonyl (C=O) groups is 1. The minimum absolute atomic E-state index is 0.00945. The van der Waals surface area contributed by atoms with Crippen LogP contribution in [-0.4, -0.2) is 20.9 Å². The number of hydrogen-bond donors (Lipinski definition) is 3. The standard InChI is InChI=1S/C19H23N3O4S/c20-12-13-2-1-3-18(13)19(23)22-14-4-6-15(7-5-14)26-16-8-10-17(11-9-16)27(21,24)25/h4-11,13,18H,1-3,12,20H2,(H,22,23)(H2,21,24,25)/t13-,18-/m1/s1. The quantitative estimate of drug-likeness (QED) is 0.700. The van der Waals surface area contributed by atoms with E-state index in [-0.39, 0.29) is 22.6 Å². The van der Waals surface area contributed by atoms with Gasteiger partial charge >= 0.3 is 0 Å². The first kappa shape index (κ1) is 19.3. The van der Waals surface area contributed by atoms with Crippen LogP contribution in [0.5, 0.6) is 11.5 Å². The molecule has 5 N–H and O–H groups in total. The lowest BCUT2D eigenvalue weighted by atomic mass is 9.95. The fourth-order valence-corrected chi connectivity index (χ4v) is 3.85. The van der Waals surface area contributed by atoms with Gasteiger partial charge in [-0.25, -0.2) is 13.6 Å². The molecule has 0 heterocycles. The Morgan fingerprint density at radius 3 is 2.19 bits per heavy atom. The molecule has 0 radical (unpaired) electrons. The molecule has 0 unspecified atom stereocenters. The van der Waals surface area contributed by atoms with Crippen molar-refractivity contribution in [2.75, 3.05) is 11.9 Å². The maximum atomic E-state index is 12.4. The zero-order valence-electron chi connectivity index (χ0n) is 14.8. The molecular formula is C19H23N3O4S. The van der Waals surface area contributed by atoms with Gasteiger partial charge in [0.15, 0.2) is 0 Å². The fourth-order valence-electron chi connectivity index (χ4n) is 3.34. The first-order valence-corrected chi connectivity index (χ1v) is 10.3. The van der Waals surface area contributed by atoms with Crippen molar-refractivity contribution in [3.63, 3.8) is 0 Å². The molecule has 0 bridgehead atoms. The van der Waals surface area contributed by atoms with Crippen LogP contribution in [-0.2, 0) is 14.8 Å². The molecule has 1 amide bonds. The van der Waals surface area contributed by atoms with Crippen molar-refractivity contribution < 1.29 is 17.9 Å². The molecule has 2 atom stereocenters. The molecule has 144 valence electrons. The Hall–Kier alpha value is -2.42. The van der Waals surface area contributed by atoms with Crippen LogP contribution in [0.4, 0.5) is 5.69 Å². The highest BCUT2D eigenvalue weighted by Crippen LogP contribution is 2.32. The Morgan fingerprint density at radius 1 is 1.04 bits per heavy atom. The lowest BCUT2D eigenvalue weighted by molar-refractivity contribution is -0.120. The summed E-state index contributed by atoms with van der Waals surface area (Å²) in [5.41, 5.74) is 6.44. The van der Waals surface area contributed by atoms with Gasteiger partial charge in [0.05, 0.1) is 4.90 Å². The van der Waals surface area contributed by atoms with E-state index in [1.54, 1.807) is 24.3 Å². The van der Waals surface area contributed by atoms with Gasteiger partial charge in [-0.15, -0.1) is 0 Å². The summed E-state index contributed by atoms with van der Waals surface area (Å²) >= 11 is 0. The third-order valence-corrected chi connectivity index (χ3v) is 5.74. The Morgan fingerprint density at radius 2 is 1.63 bits per heavy atom. The smallest absolute Gasteiger partial charge is 0.238 e. The predicted octanol–water partition coefficient (Wildman–Crippen LogP) is 2.44. The van der Waals surface area contributed by atoms with Crippen molar-refractivity contribution in [2.24, 2.45) is 22.7 Å². The molecule has 7 nitrogen and oxygen atoms in total. The van der Waals surface area contributed by atoms with Crippen molar-refractivity contribution in [3.8, 4) is 11.5 Å². The average molecular weight is 389 g/mol. The van der Waals surface area contributed by atoms with Crippen LogP contribution in [0.3, 0.4) is 0 Å². The number of rotatable bonds is 6. The van der Waals surface area contributed by atoms with Gasteiger partial charge in [-0.1, -0.05) is 6.42 Å². The van der Waals surface area contributed by atoms with Crippen molar-refractivity contribution in [3.05, 3.63) is 48.5 Å². The summed E-state index contributed by atoms with van der Waals surface area (Å²) in [6.07, 6.45) is 2.92. The van der Waals surface area contributed by atoms with Crippen LogP contribution in [0.2, 0.25) is 0 Å². The van der Waals surface area contributed by atoms with Gasteiger partial charge in [0.25, 0.3) is 0 Å². The number of anilines is 1. The highest BCUT2D eigenvalue weighted by atomic mass is 32.2. The highest BCUT2D eigenvalue weighted by Gasteiger charge is 2.31. The molecule has 0 aromatic heterocycles. The molecule has 1 fully saturated rings. The first-order valence-electron chi connectivity index (χ1n) is 8.78. The Kier molecular flexibility index (Phi) is 5.79. The van der Waals surface area contributed by atoms with E-state index in [2.05, 4.69) is 5.32 Å². The van der Waals surface area contributed by atoms with E-state index in [4.69, 9.17) is 15.6 Å². The molecule has 1 aliphatic carbocycles. The predicted molar refractivity (Wildman–Crippen MR) is 103 cm³/mol. The normalized spacial score (nSPS) is 19.6. The summed E-state index contributed by atoms with van der Waals surface area (Å²) in [7, 11) is -3.73. The first-order chi connectivity index (χ1) is 12.9. The van der Waals surface area contributed by atoms with E-state index in [1.807, 2.05) is 0 Å². The topological polar surface area (TPSA) is 125 Å². The van der Waals surface area contributed by atoms with E-state index < -0.39 is 10.0 Å². The molecule has 1 aliphatic rings. The fraction of sp³-hybridized carbons (Fsp3) is 0.316. The molecule has 2 aromatic carbocycles. The summed E-state index contributed by atoms with van der Waals surface area (Å²) in [4.78, 5) is 12.4. The van der Waals surface area contributed by atoms with Crippen LogP contribution in [0, 0.1) is 11.8 Å². The maximum Gasteiger partial charge on any atom is 0.238 e. The summed E-state index contributed by atoms with van der Waals surface area (Å²) in [6.45, 7) is 0.537. The van der Waals surface area contributed by atoms with Crippen LogP contribution < -0.4 is 20.9 Å². The second-order valence-electron chi connectivity index (χ2n) is 6.67. The largest absolute Gasteiger partial charge is 0.457 e. The molecular weight excluding hydrogens is 366 g/mol.